The predicted octanol–water partition coefficient (Wildman–Crippen LogP) is -1.74. The minimum atomic E-state index is -4.61. The number of rotatable bonds is 3. The van der Waals surface area contributed by atoms with Crippen molar-refractivity contribution in [2.24, 2.45) is 0 Å². The van der Waals surface area contributed by atoms with Crippen LogP contribution in [0.5, 0.6) is 0 Å². The molecular weight excluding hydrogens is 259 g/mol. The van der Waals surface area contributed by atoms with Crippen molar-refractivity contribution in [2.45, 2.75) is 19.0 Å². The molecule has 0 aliphatic carbocycles. The Labute approximate surface area is 111 Å². The summed E-state index contributed by atoms with van der Waals surface area (Å²) in [5.41, 5.74) is 0. The summed E-state index contributed by atoms with van der Waals surface area (Å²) in [6.45, 7) is 0. The molecule has 0 fully saturated rings. The summed E-state index contributed by atoms with van der Waals surface area (Å²) < 4.78 is 42.0. The average molecular weight is 266 g/mol. The quantitative estimate of drug-likeness (QED) is 0.270. The zero-order valence-electron chi connectivity index (χ0n) is 8.06. The maximum absolute atomic E-state index is 11.6. The number of ether oxygens (including phenoxy) is 1. The zero-order valence-corrected chi connectivity index (χ0v) is 8.06. The van der Waals surface area contributed by atoms with Crippen LogP contribution in [0.15, 0.2) is 0 Å². The van der Waals surface area contributed by atoms with Gasteiger partial charge >= 0.3 is 50.3 Å². The van der Waals surface area contributed by atoms with Gasteiger partial charge in [0.2, 0.25) is 0 Å². The number of hydrogen-bond donors (Lipinski definition) is 2. The minimum absolute atomic E-state index is 0. The van der Waals surface area contributed by atoms with Gasteiger partial charge < -0.3 is 19.4 Å². The summed E-state index contributed by atoms with van der Waals surface area (Å²) in [4.78, 5) is 31.7. The van der Waals surface area contributed by atoms with E-state index in [0.29, 0.717) is 0 Å². The van der Waals surface area contributed by atoms with Gasteiger partial charge in [-0.05, 0) is 0 Å². The number of halogens is 3. The second-order valence-electron chi connectivity index (χ2n) is 2.61. The van der Waals surface area contributed by atoms with Gasteiger partial charge in [0.05, 0.1) is 12.8 Å². The monoisotopic (exact) mass is 266 g/mol. The number of carbonyl (C=O) groups is 3. The molecule has 0 aliphatic heterocycles. The fraction of sp³-hybridized carbons (Fsp3) is 0.500. The molecular formula is C6H7BF3LiO7. The molecule has 98 valence electrons. The van der Waals surface area contributed by atoms with Crippen LogP contribution in [0, 0.1) is 0 Å². The Balaban J connectivity index is 0. The second kappa shape index (κ2) is 8.15. The van der Waals surface area contributed by atoms with Crippen LogP contribution in [0.25, 0.3) is 0 Å². The van der Waals surface area contributed by atoms with E-state index in [0.717, 1.165) is 0 Å². The normalized spacial score (nSPS) is 10.1. The first-order chi connectivity index (χ1) is 7.61. The number of carbonyl (C=O) groups excluding carboxylic acids is 3. The van der Waals surface area contributed by atoms with Crippen LogP contribution in [-0.2, 0) is 23.8 Å². The van der Waals surface area contributed by atoms with E-state index in [1.807, 2.05) is 0 Å². The van der Waals surface area contributed by atoms with E-state index < -0.39 is 44.2 Å². The topological polar surface area (TPSA) is 110 Å². The van der Waals surface area contributed by atoms with Gasteiger partial charge in [-0.1, -0.05) is 0 Å². The molecule has 0 aromatic carbocycles. The first-order valence-corrected chi connectivity index (χ1v) is 4.00. The summed E-state index contributed by atoms with van der Waals surface area (Å²) in [7, 11) is -2.60. The first-order valence-electron chi connectivity index (χ1n) is 4.00. The van der Waals surface area contributed by atoms with E-state index in [1.54, 1.807) is 0 Å². The Bertz CT molecular complexity index is 319. The average Bonchev–Trinajstić information content (AvgIpc) is 2.12. The van der Waals surface area contributed by atoms with E-state index in [4.69, 9.17) is 10.0 Å². The maximum atomic E-state index is 11.6. The molecule has 0 heterocycles. The van der Waals surface area contributed by atoms with Crippen LogP contribution >= 0.6 is 0 Å². The first kappa shape index (κ1) is 19.3. The zero-order chi connectivity index (χ0) is 13.6. The fourth-order valence-electron chi connectivity index (χ4n) is 0.584. The van der Waals surface area contributed by atoms with Crippen LogP contribution in [0.3, 0.4) is 0 Å². The van der Waals surface area contributed by atoms with Crippen LogP contribution in [0.1, 0.15) is 12.8 Å². The molecule has 0 aromatic rings. The predicted molar refractivity (Wildman–Crippen MR) is 49.8 cm³/mol. The molecule has 0 amide bonds. The third-order valence-corrected chi connectivity index (χ3v) is 1.20. The Kier molecular flexibility index (Phi) is 8.75. The summed E-state index contributed by atoms with van der Waals surface area (Å²) >= 11 is 0. The summed E-state index contributed by atoms with van der Waals surface area (Å²) in [5, 5.41) is 16.2. The molecule has 12 heteroatoms. The van der Waals surface area contributed by atoms with Gasteiger partial charge in [-0.25, -0.2) is 9.59 Å². The van der Waals surface area contributed by atoms with Gasteiger partial charge in [0.25, 0.3) is 0 Å². The number of hydrogen-bond acceptors (Lipinski definition) is 7. The fourth-order valence-corrected chi connectivity index (χ4v) is 0.584. The molecule has 0 unspecified atom stereocenters. The number of alkyl halides is 3. The standard InChI is InChI=1S/C6H6BF3O7.Li.H/c8-6(9,10)2-1-3(11)16-4(12)5(13)17-7(14)15;;/h14-15H,1-2H2;;. The SMILES string of the molecule is O=C(CCC(F)(F)F)OC(=O)C(=O)OB(O)O.[LiH]. The van der Waals surface area contributed by atoms with Gasteiger partial charge in [-0.3, -0.25) is 4.79 Å². The van der Waals surface area contributed by atoms with Crippen LogP contribution in [0.4, 0.5) is 13.2 Å². The third-order valence-electron chi connectivity index (χ3n) is 1.20. The molecule has 7 nitrogen and oxygen atoms in total. The second-order valence-corrected chi connectivity index (χ2v) is 2.61. The van der Waals surface area contributed by atoms with Crippen LogP contribution < -0.4 is 0 Å². The van der Waals surface area contributed by atoms with E-state index in [1.165, 1.54) is 0 Å². The van der Waals surface area contributed by atoms with Gasteiger partial charge in [-0.2, -0.15) is 13.2 Å². The van der Waals surface area contributed by atoms with Crippen molar-refractivity contribution in [3.05, 3.63) is 0 Å². The van der Waals surface area contributed by atoms with Crippen molar-refractivity contribution in [1.29, 1.82) is 0 Å². The van der Waals surface area contributed by atoms with Gasteiger partial charge in [0, 0.05) is 0 Å². The van der Waals surface area contributed by atoms with Crippen LogP contribution in [0.2, 0.25) is 0 Å². The summed E-state index contributed by atoms with van der Waals surface area (Å²) in [6, 6.07) is 0. The van der Waals surface area contributed by atoms with Crippen molar-refractivity contribution in [3.63, 3.8) is 0 Å². The van der Waals surface area contributed by atoms with Crippen molar-refractivity contribution >= 4 is 44.1 Å². The van der Waals surface area contributed by atoms with E-state index >= 15 is 0 Å². The summed E-state index contributed by atoms with van der Waals surface area (Å²) in [5.74, 6) is -5.44. The molecule has 0 spiro atoms. The molecule has 0 saturated carbocycles. The van der Waals surface area contributed by atoms with E-state index in [2.05, 4.69) is 9.39 Å². The molecule has 0 aliphatic rings. The van der Waals surface area contributed by atoms with Gasteiger partial charge in [0.1, 0.15) is 0 Å². The molecule has 0 radical (unpaired) electrons. The Morgan fingerprint density at radius 3 is 2.00 bits per heavy atom. The van der Waals surface area contributed by atoms with Crippen molar-refractivity contribution in [1.82, 2.24) is 0 Å². The van der Waals surface area contributed by atoms with Crippen molar-refractivity contribution < 1.29 is 47.0 Å². The molecule has 0 atom stereocenters. The van der Waals surface area contributed by atoms with Crippen molar-refractivity contribution in [2.75, 3.05) is 0 Å². The van der Waals surface area contributed by atoms with Gasteiger partial charge in [0.15, 0.2) is 0 Å². The Morgan fingerprint density at radius 1 is 1.11 bits per heavy atom. The molecule has 0 rings (SSSR count). The molecule has 0 bridgehead atoms. The third kappa shape index (κ3) is 10.2. The molecule has 0 aromatic heterocycles. The number of esters is 2. The Morgan fingerprint density at radius 2 is 1.61 bits per heavy atom. The molecule has 18 heavy (non-hydrogen) atoms. The molecule has 2 N–H and O–H groups in total. The van der Waals surface area contributed by atoms with Crippen LogP contribution in [-0.4, -0.2) is 60.3 Å². The van der Waals surface area contributed by atoms with Crippen molar-refractivity contribution in [3.8, 4) is 0 Å². The molecule has 0 saturated heterocycles. The van der Waals surface area contributed by atoms with Gasteiger partial charge in [-0.15, -0.1) is 0 Å². The van der Waals surface area contributed by atoms with E-state index in [-0.39, 0.29) is 18.9 Å². The Hall–Kier alpha value is -1.02. The van der Waals surface area contributed by atoms with E-state index in [9.17, 15) is 27.6 Å². The summed E-state index contributed by atoms with van der Waals surface area (Å²) in [6.07, 6.45) is -7.27.